The summed E-state index contributed by atoms with van der Waals surface area (Å²) in [5.41, 5.74) is 3.57. The molecule has 128 valence electrons. The molecule has 0 amide bonds. The third kappa shape index (κ3) is 4.30. The van der Waals surface area contributed by atoms with Gasteiger partial charge in [-0.2, -0.15) is 0 Å². The number of fused-ring (bicyclic) bond motifs is 1. The van der Waals surface area contributed by atoms with Crippen LogP contribution >= 0.6 is 12.4 Å². The number of imidazole rings is 1. The van der Waals surface area contributed by atoms with E-state index in [-0.39, 0.29) is 12.4 Å². The van der Waals surface area contributed by atoms with E-state index in [9.17, 15) is 0 Å². The number of aromatic nitrogens is 2. The number of halogens is 1. The van der Waals surface area contributed by atoms with E-state index in [1.54, 1.807) is 0 Å². The van der Waals surface area contributed by atoms with Crippen molar-refractivity contribution in [1.82, 2.24) is 9.55 Å². The normalized spacial score (nSPS) is 10.6. The van der Waals surface area contributed by atoms with E-state index in [0.29, 0.717) is 0 Å². The zero-order valence-corrected chi connectivity index (χ0v) is 15.2. The van der Waals surface area contributed by atoms with Gasteiger partial charge in [0, 0.05) is 13.0 Å². The predicted molar refractivity (Wildman–Crippen MR) is 102 cm³/mol. The van der Waals surface area contributed by atoms with Gasteiger partial charge in [-0.1, -0.05) is 31.2 Å². The molecule has 0 aliphatic heterocycles. The third-order valence-corrected chi connectivity index (χ3v) is 4.08. The standard InChI is InChI=1S/C20H24N2O.ClH/c1-3-20-21-18-11-4-5-12-19(18)22(20)13-6-7-14-23-17-10-8-9-16(2)15-17;/h4-5,8-12,15H,3,6-7,13-14H2,1-2H3;1H. The van der Waals surface area contributed by atoms with Gasteiger partial charge in [-0.25, -0.2) is 4.98 Å². The van der Waals surface area contributed by atoms with E-state index in [0.717, 1.165) is 43.7 Å². The lowest BCUT2D eigenvalue weighted by atomic mass is 10.2. The molecule has 0 saturated carbocycles. The van der Waals surface area contributed by atoms with Crippen LogP contribution in [-0.2, 0) is 13.0 Å². The van der Waals surface area contributed by atoms with Crippen molar-refractivity contribution in [1.29, 1.82) is 0 Å². The zero-order valence-electron chi connectivity index (χ0n) is 14.4. The lowest BCUT2D eigenvalue weighted by Crippen LogP contribution is -2.05. The molecule has 0 unspecified atom stereocenters. The summed E-state index contributed by atoms with van der Waals surface area (Å²) in [4.78, 5) is 4.72. The second kappa shape index (κ2) is 8.74. The van der Waals surface area contributed by atoms with E-state index in [2.05, 4.69) is 54.8 Å². The average molecular weight is 345 g/mol. The molecule has 0 aliphatic carbocycles. The Kier molecular flexibility index (Phi) is 6.68. The molecular formula is C20H25ClN2O. The molecule has 0 atom stereocenters. The van der Waals surface area contributed by atoms with Gasteiger partial charge in [0.1, 0.15) is 11.6 Å². The molecule has 0 saturated heterocycles. The highest BCUT2D eigenvalue weighted by Gasteiger charge is 2.08. The molecule has 0 aliphatic rings. The summed E-state index contributed by atoms with van der Waals surface area (Å²) in [5, 5.41) is 0. The van der Waals surface area contributed by atoms with E-state index in [1.807, 2.05) is 12.1 Å². The molecular weight excluding hydrogens is 320 g/mol. The Labute approximate surface area is 150 Å². The van der Waals surface area contributed by atoms with Crippen LogP contribution < -0.4 is 4.74 Å². The summed E-state index contributed by atoms with van der Waals surface area (Å²) in [7, 11) is 0. The monoisotopic (exact) mass is 344 g/mol. The molecule has 0 fully saturated rings. The second-order valence-corrected chi connectivity index (χ2v) is 5.89. The number of hydrogen-bond acceptors (Lipinski definition) is 2. The van der Waals surface area contributed by atoms with Crippen LogP contribution in [-0.4, -0.2) is 16.2 Å². The van der Waals surface area contributed by atoms with Crippen molar-refractivity contribution in [2.75, 3.05) is 6.61 Å². The Hall–Kier alpha value is -2.00. The maximum absolute atomic E-state index is 5.83. The van der Waals surface area contributed by atoms with Crippen molar-refractivity contribution >= 4 is 23.4 Å². The van der Waals surface area contributed by atoms with Crippen LogP contribution in [0.1, 0.15) is 31.2 Å². The van der Waals surface area contributed by atoms with Crippen LogP contribution in [0, 0.1) is 6.92 Å². The quantitative estimate of drug-likeness (QED) is 0.551. The smallest absolute Gasteiger partial charge is 0.119 e. The number of nitrogens with zero attached hydrogens (tertiary/aromatic N) is 2. The third-order valence-electron chi connectivity index (χ3n) is 4.08. The highest BCUT2D eigenvalue weighted by molar-refractivity contribution is 5.85. The number of aryl methyl sites for hydroxylation is 3. The molecule has 0 bridgehead atoms. The van der Waals surface area contributed by atoms with Gasteiger partial charge in [0.25, 0.3) is 0 Å². The zero-order chi connectivity index (χ0) is 16.1. The molecule has 0 N–H and O–H groups in total. The van der Waals surface area contributed by atoms with Gasteiger partial charge in [-0.3, -0.25) is 0 Å². The summed E-state index contributed by atoms with van der Waals surface area (Å²) in [6, 6.07) is 16.6. The van der Waals surface area contributed by atoms with Gasteiger partial charge in [-0.05, 0) is 49.6 Å². The maximum Gasteiger partial charge on any atom is 0.119 e. The Morgan fingerprint density at radius 1 is 1.04 bits per heavy atom. The summed E-state index contributed by atoms with van der Waals surface area (Å²) in [6.07, 6.45) is 3.11. The number of benzene rings is 2. The summed E-state index contributed by atoms with van der Waals surface area (Å²) in [5.74, 6) is 2.14. The van der Waals surface area contributed by atoms with Crippen LogP contribution in [0.5, 0.6) is 5.75 Å². The molecule has 1 heterocycles. The molecule has 3 aromatic rings. The molecule has 2 aromatic carbocycles. The SMILES string of the molecule is CCc1nc2ccccc2n1CCCCOc1cccc(C)c1.Cl. The van der Waals surface area contributed by atoms with Crippen molar-refractivity contribution in [2.24, 2.45) is 0 Å². The number of rotatable bonds is 7. The molecule has 3 nitrogen and oxygen atoms in total. The first-order valence-electron chi connectivity index (χ1n) is 8.41. The molecule has 0 spiro atoms. The van der Waals surface area contributed by atoms with Gasteiger partial charge in [0.15, 0.2) is 0 Å². The minimum atomic E-state index is 0. The Balaban J connectivity index is 0.00000208. The van der Waals surface area contributed by atoms with Crippen LogP contribution in [0.4, 0.5) is 0 Å². The maximum atomic E-state index is 5.83. The second-order valence-electron chi connectivity index (χ2n) is 5.89. The lowest BCUT2D eigenvalue weighted by molar-refractivity contribution is 0.303. The van der Waals surface area contributed by atoms with Gasteiger partial charge in [0.2, 0.25) is 0 Å². The van der Waals surface area contributed by atoms with Crippen molar-refractivity contribution < 1.29 is 4.74 Å². The first kappa shape index (κ1) is 18.3. The van der Waals surface area contributed by atoms with Gasteiger partial charge in [-0.15, -0.1) is 12.4 Å². The Morgan fingerprint density at radius 2 is 1.88 bits per heavy atom. The van der Waals surface area contributed by atoms with E-state index >= 15 is 0 Å². The van der Waals surface area contributed by atoms with Crippen LogP contribution in [0.2, 0.25) is 0 Å². The minimum absolute atomic E-state index is 0. The Bertz CT molecular complexity index is 782. The topological polar surface area (TPSA) is 27.1 Å². The van der Waals surface area contributed by atoms with Gasteiger partial charge in [0.05, 0.1) is 17.6 Å². The van der Waals surface area contributed by atoms with E-state index in [1.165, 1.54) is 16.9 Å². The van der Waals surface area contributed by atoms with E-state index in [4.69, 9.17) is 9.72 Å². The fourth-order valence-corrected chi connectivity index (χ4v) is 2.91. The minimum Gasteiger partial charge on any atom is -0.494 e. The summed E-state index contributed by atoms with van der Waals surface area (Å²) in [6.45, 7) is 6.01. The average Bonchev–Trinajstić information content (AvgIpc) is 2.92. The highest BCUT2D eigenvalue weighted by Crippen LogP contribution is 2.18. The van der Waals surface area contributed by atoms with Crippen molar-refractivity contribution in [3.63, 3.8) is 0 Å². The molecule has 4 heteroatoms. The van der Waals surface area contributed by atoms with Crippen LogP contribution in [0.3, 0.4) is 0 Å². The lowest BCUT2D eigenvalue weighted by Gasteiger charge is -2.09. The number of hydrogen-bond donors (Lipinski definition) is 0. The summed E-state index contributed by atoms with van der Waals surface area (Å²) < 4.78 is 8.17. The largest absolute Gasteiger partial charge is 0.494 e. The number of para-hydroxylation sites is 2. The van der Waals surface area contributed by atoms with Crippen LogP contribution in [0.25, 0.3) is 11.0 Å². The van der Waals surface area contributed by atoms with Crippen molar-refractivity contribution in [2.45, 2.75) is 39.7 Å². The fourth-order valence-electron chi connectivity index (χ4n) is 2.91. The number of ether oxygens (including phenoxy) is 1. The first-order chi connectivity index (χ1) is 11.3. The Morgan fingerprint density at radius 3 is 2.67 bits per heavy atom. The van der Waals surface area contributed by atoms with Crippen LogP contribution in [0.15, 0.2) is 48.5 Å². The van der Waals surface area contributed by atoms with Gasteiger partial charge < -0.3 is 9.30 Å². The fraction of sp³-hybridized carbons (Fsp3) is 0.350. The van der Waals surface area contributed by atoms with E-state index < -0.39 is 0 Å². The molecule has 24 heavy (non-hydrogen) atoms. The van der Waals surface area contributed by atoms with Crippen molar-refractivity contribution in [3.8, 4) is 5.75 Å². The molecule has 0 radical (unpaired) electrons. The summed E-state index contributed by atoms with van der Waals surface area (Å²) >= 11 is 0. The highest BCUT2D eigenvalue weighted by atomic mass is 35.5. The number of unbranched alkanes of at least 4 members (excludes halogenated alkanes) is 1. The first-order valence-corrected chi connectivity index (χ1v) is 8.41. The predicted octanol–water partition coefficient (Wildman–Crippen LogP) is 5.19. The molecule has 3 rings (SSSR count). The van der Waals surface area contributed by atoms with Crippen molar-refractivity contribution in [3.05, 3.63) is 59.9 Å². The van der Waals surface area contributed by atoms with Gasteiger partial charge >= 0.3 is 0 Å². The molecule has 1 aromatic heterocycles.